The van der Waals surface area contributed by atoms with Gasteiger partial charge < -0.3 is 23.8 Å². The number of carbonyl (C=O) groups is 1. The number of methoxy groups -OCH3 is 2. The van der Waals surface area contributed by atoms with Crippen molar-refractivity contribution < 1.29 is 23.5 Å². The SMILES string of the molecule is COC(=O)C1(c2ccc(F)cc2Br)ON=C2/C(=C/c3ccc(-n4cnc(C)c4)c(OC)c3)CCCN21. The van der Waals surface area contributed by atoms with Crippen LogP contribution in [0.25, 0.3) is 11.8 Å². The Hall–Kier alpha value is -3.66. The second-order valence-corrected chi connectivity index (χ2v) is 9.40. The lowest BCUT2D eigenvalue weighted by Gasteiger charge is -2.38. The largest absolute Gasteiger partial charge is 0.495 e. The number of oxime groups is 1. The summed E-state index contributed by atoms with van der Waals surface area (Å²) in [5.41, 5.74) is 2.35. The zero-order valence-electron chi connectivity index (χ0n) is 20.0. The van der Waals surface area contributed by atoms with Gasteiger partial charge in [0.25, 0.3) is 0 Å². The summed E-state index contributed by atoms with van der Waals surface area (Å²) in [6, 6.07) is 9.97. The van der Waals surface area contributed by atoms with Gasteiger partial charge in [0.15, 0.2) is 5.84 Å². The van der Waals surface area contributed by atoms with Crippen molar-refractivity contribution in [1.82, 2.24) is 14.5 Å². The fraction of sp³-hybridized carbons (Fsp3) is 0.269. The summed E-state index contributed by atoms with van der Waals surface area (Å²) in [6.45, 7) is 2.44. The second-order valence-electron chi connectivity index (χ2n) is 8.54. The first-order valence-corrected chi connectivity index (χ1v) is 12.1. The van der Waals surface area contributed by atoms with Crippen LogP contribution in [0.2, 0.25) is 0 Å². The number of aromatic nitrogens is 2. The molecule has 0 bridgehead atoms. The van der Waals surface area contributed by atoms with E-state index in [0.29, 0.717) is 28.2 Å². The van der Waals surface area contributed by atoms with Crippen molar-refractivity contribution in [1.29, 1.82) is 0 Å². The van der Waals surface area contributed by atoms with Crippen molar-refractivity contribution in [3.8, 4) is 11.4 Å². The van der Waals surface area contributed by atoms with E-state index in [0.717, 1.165) is 35.4 Å². The molecule has 1 fully saturated rings. The molecule has 2 aliphatic heterocycles. The Morgan fingerprint density at radius 2 is 2.08 bits per heavy atom. The number of hydrogen-bond donors (Lipinski definition) is 0. The number of hydrogen-bond acceptors (Lipinski definition) is 7. The number of rotatable bonds is 5. The number of benzene rings is 2. The molecule has 36 heavy (non-hydrogen) atoms. The number of fused-ring (bicyclic) bond motifs is 1. The Bertz CT molecular complexity index is 1400. The van der Waals surface area contributed by atoms with E-state index in [4.69, 9.17) is 14.3 Å². The molecule has 8 nitrogen and oxygen atoms in total. The number of piperidine rings is 1. The number of imidazole rings is 1. The normalized spacial score (nSPS) is 20.1. The highest BCUT2D eigenvalue weighted by Gasteiger charge is 2.57. The first kappa shape index (κ1) is 24.1. The molecule has 0 aliphatic carbocycles. The quantitative estimate of drug-likeness (QED) is 0.416. The van der Waals surface area contributed by atoms with Gasteiger partial charge in [-0.15, -0.1) is 0 Å². The maximum atomic E-state index is 13.8. The highest BCUT2D eigenvalue weighted by atomic mass is 79.9. The van der Waals surface area contributed by atoms with E-state index in [9.17, 15) is 9.18 Å². The fourth-order valence-corrected chi connectivity index (χ4v) is 5.25. The summed E-state index contributed by atoms with van der Waals surface area (Å²) in [5.74, 6) is 0.151. The zero-order valence-corrected chi connectivity index (χ0v) is 21.6. The molecule has 3 aromatic rings. The van der Waals surface area contributed by atoms with Crippen LogP contribution in [0.4, 0.5) is 4.39 Å². The van der Waals surface area contributed by atoms with Crippen LogP contribution in [-0.2, 0) is 20.1 Å². The molecule has 0 spiro atoms. The monoisotopic (exact) mass is 554 g/mol. The van der Waals surface area contributed by atoms with Gasteiger partial charge in [0.2, 0.25) is 0 Å². The summed E-state index contributed by atoms with van der Waals surface area (Å²) in [4.78, 5) is 25.1. The third-order valence-corrected chi connectivity index (χ3v) is 6.96. The lowest BCUT2D eigenvalue weighted by molar-refractivity contribution is -0.186. The van der Waals surface area contributed by atoms with E-state index >= 15 is 0 Å². The van der Waals surface area contributed by atoms with Crippen LogP contribution in [0.1, 0.15) is 29.7 Å². The molecule has 2 aliphatic rings. The van der Waals surface area contributed by atoms with Gasteiger partial charge in [-0.25, -0.2) is 14.2 Å². The highest BCUT2D eigenvalue weighted by Crippen LogP contribution is 2.44. The van der Waals surface area contributed by atoms with Crippen molar-refractivity contribution in [3.05, 3.63) is 81.6 Å². The predicted octanol–water partition coefficient (Wildman–Crippen LogP) is 4.94. The van der Waals surface area contributed by atoms with Crippen molar-refractivity contribution >= 4 is 33.8 Å². The number of esters is 1. The van der Waals surface area contributed by atoms with Gasteiger partial charge in [-0.3, -0.25) is 0 Å². The molecule has 10 heteroatoms. The van der Waals surface area contributed by atoms with Crippen LogP contribution in [0.5, 0.6) is 5.75 Å². The molecule has 1 aromatic heterocycles. The van der Waals surface area contributed by atoms with Gasteiger partial charge in [-0.1, -0.05) is 27.2 Å². The van der Waals surface area contributed by atoms with Gasteiger partial charge >= 0.3 is 11.7 Å². The average molecular weight is 555 g/mol. The van der Waals surface area contributed by atoms with Gasteiger partial charge in [0, 0.05) is 22.8 Å². The molecule has 5 rings (SSSR count). The molecule has 1 saturated heterocycles. The van der Waals surface area contributed by atoms with Crippen LogP contribution in [-0.4, -0.2) is 47.0 Å². The summed E-state index contributed by atoms with van der Waals surface area (Å²) in [5, 5.41) is 4.32. The first-order chi connectivity index (χ1) is 17.4. The lowest BCUT2D eigenvalue weighted by atomic mass is 9.94. The number of aryl methyl sites for hydroxylation is 1. The lowest BCUT2D eigenvalue weighted by Crippen LogP contribution is -2.54. The number of nitrogens with zero attached hydrogens (tertiary/aromatic N) is 4. The summed E-state index contributed by atoms with van der Waals surface area (Å²) >= 11 is 3.38. The molecule has 1 atom stereocenters. The van der Waals surface area contributed by atoms with E-state index in [2.05, 4.69) is 26.1 Å². The van der Waals surface area contributed by atoms with E-state index < -0.39 is 17.5 Å². The third-order valence-electron chi connectivity index (χ3n) is 6.31. The topological polar surface area (TPSA) is 78.2 Å². The average Bonchev–Trinajstić information content (AvgIpc) is 3.48. The molecule has 3 heterocycles. The Morgan fingerprint density at radius 1 is 1.25 bits per heavy atom. The summed E-state index contributed by atoms with van der Waals surface area (Å²) in [6.07, 6.45) is 7.18. The molecular formula is C26H24BrFN4O4. The van der Waals surface area contributed by atoms with Crippen molar-refractivity contribution in [2.75, 3.05) is 20.8 Å². The predicted molar refractivity (Wildman–Crippen MR) is 135 cm³/mol. The minimum absolute atomic E-state index is 0.385. The third kappa shape index (κ3) is 3.95. The van der Waals surface area contributed by atoms with Gasteiger partial charge in [0.05, 0.1) is 31.9 Å². The maximum Gasteiger partial charge on any atom is 0.380 e. The fourth-order valence-electron chi connectivity index (χ4n) is 4.63. The van der Waals surface area contributed by atoms with Crippen LogP contribution >= 0.6 is 15.9 Å². The van der Waals surface area contributed by atoms with Crippen molar-refractivity contribution in [2.45, 2.75) is 25.5 Å². The molecular weight excluding hydrogens is 531 g/mol. The Kier molecular flexibility index (Phi) is 6.29. The van der Waals surface area contributed by atoms with Gasteiger partial charge in [0.1, 0.15) is 11.6 Å². The summed E-state index contributed by atoms with van der Waals surface area (Å²) in [7, 11) is 2.92. The second kappa shape index (κ2) is 9.42. The van der Waals surface area contributed by atoms with E-state index in [-0.39, 0.29) is 0 Å². The molecule has 0 radical (unpaired) electrons. The van der Waals surface area contributed by atoms with Gasteiger partial charge in [-0.2, -0.15) is 0 Å². The maximum absolute atomic E-state index is 13.8. The molecule has 0 amide bonds. The number of amidine groups is 1. The molecule has 0 N–H and O–H groups in total. The standard InChI is InChI=1S/C26H24BrFN4O4/c1-16-14-31(15-29-16)22-9-6-17(12-23(22)34-2)11-18-5-4-10-32-24(18)30-36-26(32,25(33)35-3)20-8-7-19(28)13-21(20)27/h6-9,11-15H,4-5,10H2,1-3H3/b18-11+. The molecule has 0 saturated carbocycles. The minimum Gasteiger partial charge on any atom is -0.495 e. The van der Waals surface area contributed by atoms with Crippen LogP contribution in [0.3, 0.4) is 0 Å². The molecule has 1 unspecified atom stereocenters. The number of ether oxygens (including phenoxy) is 2. The van der Waals surface area contributed by atoms with E-state index in [1.54, 1.807) is 18.3 Å². The smallest absolute Gasteiger partial charge is 0.380 e. The Balaban J connectivity index is 1.52. The Labute approximate surface area is 216 Å². The Morgan fingerprint density at radius 3 is 2.78 bits per heavy atom. The zero-order chi connectivity index (χ0) is 25.4. The number of halogens is 2. The number of carbonyl (C=O) groups excluding carboxylic acids is 1. The van der Waals surface area contributed by atoms with Crippen molar-refractivity contribution in [2.24, 2.45) is 5.16 Å². The van der Waals surface area contributed by atoms with E-state index in [1.165, 1.54) is 25.3 Å². The molecule has 2 aromatic carbocycles. The van der Waals surface area contributed by atoms with Crippen LogP contribution < -0.4 is 4.74 Å². The molecule has 186 valence electrons. The highest BCUT2D eigenvalue weighted by molar-refractivity contribution is 9.10. The first-order valence-electron chi connectivity index (χ1n) is 11.3. The minimum atomic E-state index is -1.66. The van der Waals surface area contributed by atoms with Gasteiger partial charge in [-0.05, 0) is 67.3 Å². The van der Waals surface area contributed by atoms with Crippen LogP contribution in [0.15, 0.2) is 64.1 Å². The summed E-state index contributed by atoms with van der Waals surface area (Å²) < 4.78 is 26.9. The van der Waals surface area contributed by atoms with E-state index in [1.807, 2.05) is 42.0 Å². The van der Waals surface area contributed by atoms with Crippen molar-refractivity contribution in [3.63, 3.8) is 0 Å². The van der Waals surface area contributed by atoms with Crippen LogP contribution in [0, 0.1) is 12.7 Å².